The summed E-state index contributed by atoms with van der Waals surface area (Å²) in [5, 5.41) is 11.9. The number of thioether (sulfide) groups is 1. The predicted octanol–water partition coefficient (Wildman–Crippen LogP) is 3.51. The maximum atomic E-state index is 12.9. The van der Waals surface area contributed by atoms with Crippen LogP contribution in [0.1, 0.15) is 39.2 Å². The molecule has 182 valence electrons. The number of hydrogen-bond donors (Lipinski definition) is 2. The fraction of sp³-hybridized carbons (Fsp3) is 0.308. The lowest BCUT2D eigenvalue weighted by atomic mass is 10.1. The molecule has 0 saturated carbocycles. The van der Waals surface area contributed by atoms with E-state index in [1.807, 2.05) is 48.7 Å². The average Bonchev–Trinajstić information content (AvgIpc) is 3.39. The van der Waals surface area contributed by atoms with Crippen molar-refractivity contribution in [3.8, 4) is 6.07 Å². The summed E-state index contributed by atoms with van der Waals surface area (Å²) < 4.78 is 4.85. The van der Waals surface area contributed by atoms with Crippen molar-refractivity contribution < 1.29 is 14.3 Å². The van der Waals surface area contributed by atoms with Crippen molar-refractivity contribution in [3.63, 3.8) is 0 Å². The molecule has 9 heteroatoms. The lowest BCUT2D eigenvalue weighted by Crippen LogP contribution is -2.42. The van der Waals surface area contributed by atoms with E-state index >= 15 is 0 Å². The zero-order valence-electron chi connectivity index (χ0n) is 19.9. The number of imidazole rings is 1. The zero-order valence-corrected chi connectivity index (χ0v) is 20.7. The van der Waals surface area contributed by atoms with Crippen LogP contribution in [-0.4, -0.2) is 51.9 Å². The van der Waals surface area contributed by atoms with Crippen LogP contribution >= 0.6 is 11.8 Å². The first kappa shape index (κ1) is 26.0. The Labute approximate surface area is 209 Å². The van der Waals surface area contributed by atoms with Gasteiger partial charge in [-0.1, -0.05) is 24.3 Å². The molecule has 0 aliphatic rings. The van der Waals surface area contributed by atoms with Gasteiger partial charge in [0.2, 0.25) is 0 Å². The number of esters is 1. The standard InChI is InChI=1S/C26H29N5O3S/c1-34-26(33)24(10-11-35-2)30-25(32)22-5-3-4-21(12-22)16-31(17-23-14-28-18-29-23)15-20-8-6-19(13-27)7-9-20/h3-9,12,14,18,24H,10-11,15-17H2,1-2H3,(H,28,29)(H,30,32). The van der Waals surface area contributed by atoms with Crippen molar-refractivity contribution >= 4 is 23.6 Å². The minimum atomic E-state index is -0.683. The number of methoxy groups -OCH3 is 1. The molecular formula is C26H29N5O3S. The zero-order chi connectivity index (χ0) is 25.0. The summed E-state index contributed by atoms with van der Waals surface area (Å²) in [6.45, 7) is 1.88. The molecule has 1 heterocycles. The maximum absolute atomic E-state index is 12.9. The SMILES string of the molecule is COC(=O)C(CCSC)NC(=O)c1cccc(CN(Cc2ccc(C#N)cc2)Cc2cnc[nH]2)c1. The van der Waals surface area contributed by atoms with Crippen LogP contribution in [0, 0.1) is 11.3 Å². The Hall–Kier alpha value is -3.61. The molecule has 2 aromatic carbocycles. The van der Waals surface area contributed by atoms with E-state index in [9.17, 15) is 9.59 Å². The van der Waals surface area contributed by atoms with Crippen LogP contribution in [0.4, 0.5) is 0 Å². The summed E-state index contributed by atoms with van der Waals surface area (Å²) >= 11 is 1.61. The molecule has 0 spiro atoms. The molecule has 8 nitrogen and oxygen atoms in total. The van der Waals surface area contributed by atoms with E-state index in [0.29, 0.717) is 37.2 Å². The number of carbonyl (C=O) groups is 2. The van der Waals surface area contributed by atoms with Gasteiger partial charge in [0, 0.05) is 37.1 Å². The van der Waals surface area contributed by atoms with Gasteiger partial charge < -0.3 is 15.0 Å². The highest BCUT2D eigenvalue weighted by atomic mass is 32.2. The monoisotopic (exact) mass is 491 g/mol. The average molecular weight is 492 g/mol. The summed E-state index contributed by atoms with van der Waals surface area (Å²) in [5.74, 6) is -0.0230. The number of carbonyl (C=O) groups excluding carboxylic acids is 2. The summed E-state index contributed by atoms with van der Waals surface area (Å²) in [6.07, 6.45) is 5.89. The van der Waals surface area contributed by atoms with E-state index in [0.717, 1.165) is 22.6 Å². The second-order valence-electron chi connectivity index (χ2n) is 8.06. The van der Waals surface area contributed by atoms with Gasteiger partial charge in [0.15, 0.2) is 0 Å². The first-order chi connectivity index (χ1) is 17.0. The van der Waals surface area contributed by atoms with Crippen molar-refractivity contribution in [2.75, 3.05) is 19.1 Å². The van der Waals surface area contributed by atoms with Gasteiger partial charge >= 0.3 is 5.97 Å². The number of amides is 1. The van der Waals surface area contributed by atoms with E-state index in [-0.39, 0.29) is 5.91 Å². The number of nitriles is 1. The number of aromatic amines is 1. The first-order valence-electron chi connectivity index (χ1n) is 11.2. The Morgan fingerprint density at radius 2 is 1.94 bits per heavy atom. The lowest BCUT2D eigenvalue weighted by Gasteiger charge is -2.22. The van der Waals surface area contributed by atoms with Gasteiger partial charge in [0.25, 0.3) is 5.91 Å². The molecule has 0 fully saturated rings. The van der Waals surface area contributed by atoms with Crippen LogP contribution in [0.15, 0.2) is 61.1 Å². The van der Waals surface area contributed by atoms with Crippen LogP contribution in [-0.2, 0) is 29.2 Å². The van der Waals surface area contributed by atoms with Crippen LogP contribution in [0.5, 0.6) is 0 Å². The van der Waals surface area contributed by atoms with Gasteiger partial charge in [-0.2, -0.15) is 17.0 Å². The van der Waals surface area contributed by atoms with Crippen LogP contribution in [0.25, 0.3) is 0 Å². The molecule has 1 unspecified atom stereocenters. The normalized spacial score (nSPS) is 11.6. The molecule has 1 aromatic heterocycles. The van der Waals surface area contributed by atoms with Crippen molar-refractivity contribution in [3.05, 3.63) is 89.0 Å². The smallest absolute Gasteiger partial charge is 0.328 e. The number of ether oxygens (including phenoxy) is 1. The molecule has 0 bridgehead atoms. The number of aromatic nitrogens is 2. The van der Waals surface area contributed by atoms with Gasteiger partial charge in [-0.05, 0) is 53.8 Å². The second-order valence-corrected chi connectivity index (χ2v) is 9.05. The van der Waals surface area contributed by atoms with Gasteiger partial charge in [0.05, 0.1) is 25.1 Å². The molecule has 0 aliphatic heterocycles. The van der Waals surface area contributed by atoms with Crippen molar-refractivity contribution in [1.82, 2.24) is 20.2 Å². The molecule has 1 atom stereocenters. The minimum absolute atomic E-state index is 0.310. The third-order valence-electron chi connectivity index (χ3n) is 5.44. The topological polar surface area (TPSA) is 111 Å². The molecule has 2 N–H and O–H groups in total. The van der Waals surface area contributed by atoms with Crippen LogP contribution in [0.2, 0.25) is 0 Å². The number of benzene rings is 2. The van der Waals surface area contributed by atoms with Crippen molar-refractivity contribution in [1.29, 1.82) is 5.26 Å². The minimum Gasteiger partial charge on any atom is -0.467 e. The van der Waals surface area contributed by atoms with Crippen molar-refractivity contribution in [2.45, 2.75) is 32.1 Å². The maximum Gasteiger partial charge on any atom is 0.328 e. The van der Waals surface area contributed by atoms with Gasteiger partial charge in [-0.25, -0.2) is 9.78 Å². The molecular weight excluding hydrogens is 462 g/mol. The number of hydrogen-bond acceptors (Lipinski definition) is 7. The van der Waals surface area contributed by atoms with E-state index in [2.05, 4.69) is 26.3 Å². The fourth-order valence-electron chi connectivity index (χ4n) is 3.66. The van der Waals surface area contributed by atoms with Gasteiger partial charge in [-0.3, -0.25) is 9.69 Å². The Bertz CT molecular complexity index is 1140. The highest BCUT2D eigenvalue weighted by Crippen LogP contribution is 2.16. The summed E-state index contributed by atoms with van der Waals surface area (Å²) in [7, 11) is 1.32. The molecule has 3 rings (SSSR count). The lowest BCUT2D eigenvalue weighted by molar-refractivity contribution is -0.142. The third-order valence-corrected chi connectivity index (χ3v) is 6.08. The van der Waals surface area contributed by atoms with Crippen LogP contribution in [0.3, 0.4) is 0 Å². The molecule has 0 radical (unpaired) electrons. The van der Waals surface area contributed by atoms with E-state index in [1.165, 1.54) is 7.11 Å². The summed E-state index contributed by atoms with van der Waals surface area (Å²) in [5.41, 5.74) is 4.12. The van der Waals surface area contributed by atoms with Gasteiger partial charge in [0.1, 0.15) is 6.04 Å². The Balaban J connectivity index is 1.74. The number of H-pyrrole nitrogens is 1. The third kappa shape index (κ3) is 7.98. The van der Waals surface area contributed by atoms with Gasteiger partial charge in [-0.15, -0.1) is 0 Å². The Morgan fingerprint density at radius 1 is 1.17 bits per heavy atom. The molecule has 35 heavy (non-hydrogen) atoms. The van der Waals surface area contributed by atoms with Crippen LogP contribution < -0.4 is 5.32 Å². The number of nitrogens with zero attached hydrogens (tertiary/aromatic N) is 3. The molecule has 1 amide bonds. The molecule has 0 saturated heterocycles. The highest BCUT2D eigenvalue weighted by Gasteiger charge is 2.22. The Morgan fingerprint density at radius 3 is 2.60 bits per heavy atom. The van der Waals surface area contributed by atoms with E-state index in [1.54, 1.807) is 30.4 Å². The first-order valence-corrected chi connectivity index (χ1v) is 12.6. The Kier molecular flexibility index (Phi) is 9.90. The predicted molar refractivity (Wildman–Crippen MR) is 135 cm³/mol. The summed E-state index contributed by atoms with van der Waals surface area (Å²) in [4.78, 5) is 34.5. The highest BCUT2D eigenvalue weighted by molar-refractivity contribution is 7.98. The quantitative estimate of drug-likeness (QED) is 0.373. The van der Waals surface area contributed by atoms with E-state index < -0.39 is 12.0 Å². The second kappa shape index (κ2) is 13.3. The van der Waals surface area contributed by atoms with Crippen molar-refractivity contribution in [2.24, 2.45) is 0 Å². The largest absolute Gasteiger partial charge is 0.467 e. The van der Waals surface area contributed by atoms with E-state index in [4.69, 9.17) is 10.00 Å². The fourth-order valence-corrected chi connectivity index (χ4v) is 4.13. The molecule has 3 aromatic rings. The number of nitrogens with one attached hydrogen (secondary N) is 2. The molecule has 0 aliphatic carbocycles. The summed E-state index contributed by atoms with van der Waals surface area (Å²) in [6, 6.07) is 16.4. The number of rotatable bonds is 12.